The fraction of sp³-hybridized carbons (Fsp3) is 0.381. The van der Waals surface area contributed by atoms with Crippen LogP contribution in [0.4, 0.5) is 5.82 Å². The molecule has 148 valence electrons. The van der Waals surface area contributed by atoms with Gasteiger partial charge in [0.2, 0.25) is 0 Å². The highest BCUT2D eigenvalue weighted by Gasteiger charge is 2.16. The summed E-state index contributed by atoms with van der Waals surface area (Å²) in [6, 6.07) is 6.30. The molecule has 3 rings (SSSR count). The number of carbonyl (C=O) groups excluding carboxylic acids is 1. The van der Waals surface area contributed by atoms with Crippen molar-refractivity contribution in [2.75, 3.05) is 18.5 Å². The second-order valence-corrected chi connectivity index (χ2v) is 6.85. The first-order valence-corrected chi connectivity index (χ1v) is 9.52. The van der Waals surface area contributed by atoms with E-state index in [1.807, 2.05) is 18.2 Å². The van der Waals surface area contributed by atoms with Gasteiger partial charge in [-0.3, -0.25) is 9.20 Å². The van der Waals surface area contributed by atoms with Crippen molar-refractivity contribution >= 4 is 17.4 Å². The quantitative estimate of drug-likeness (QED) is 0.585. The Bertz CT molecular complexity index is 1010. The average molecular weight is 381 g/mol. The van der Waals surface area contributed by atoms with E-state index in [1.54, 1.807) is 6.20 Å². The summed E-state index contributed by atoms with van der Waals surface area (Å²) in [5.41, 5.74) is 6.57. The first-order chi connectivity index (χ1) is 13.5. The van der Waals surface area contributed by atoms with E-state index < -0.39 is 0 Å². The van der Waals surface area contributed by atoms with E-state index in [4.69, 9.17) is 5.11 Å². The minimum atomic E-state index is -0.324. The Morgan fingerprint density at radius 1 is 1.21 bits per heavy atom. The van der Waals surface area contributed by atoms with Crippen molar-refractivity contribution in [3.8, 4) is 0 Å². The molecule has 0 saturated heterocycles. The summed E-state index contributed by atoms with van der Waals surface area (Å²) in [7, 11) is 0. The standard InChI is InChI=1S/C21H27N5O2/c1-5-16-8-6-7-13(2)17(16)11-23-19-20-24-14(3)15(4)26(20)12-18(25-19)21(28)22-9-10-27/h6-8,12,27H,5,9-11H2,1-4H3,(H,22,28)(H,23,25). The Hall–Kier alpha value is -2.93. The van der Waals surface area contributed by atoms with Crippen molar-refractivity contribution < 1.29 is 9.90 Å². The van der Waals surface area contributed by atoms with Gasteiger partial charge in [0.1, 0.15) is 5.69 Å². The van der Waals surface area contributed by atoms with Crippen LogP contribution >= 0.6 is 0 Å². The van der Waals surface area contributed by atoms with Gasteiger partial charge < -0.3 is 15.7 Å². The highest BCUT2D eigenvalue weighted by Crippen LogP contribution is 2.21. The molecule has 2 aromatic heterocycles. The number of aliphatic hydroxyl groups excluding tert-OH is 1. The fourth-order valence-electron chi connectivity index (χ4n) is 3.28. The molecule has 0 atom stereocenters. The summed E-state index contributed by atoms with van der Waals surface area (Å²) in [6.45, 7) is 8.82. The van der Waals surface area contributed by atoms with Gasteiger partial charge in [-0.15, -0.1) is 0 Å². The Morgan fingerprint density at radius 3 is 2.71 bits per heavy atom. The number of carbonyl (C=O) groups is 1. The zero-order valence-electron chi connectivity index (χ0n) is 16.8. The van der Waals surface area contributed by atoms with Crippen LogP contribution in [0.3, 0.4) is 0 Å². The number of aliphatic hydroxyl groups is 1. The predicted octanol–water partition coefficient (Wildman–Crippen LogP) is 2.55. The van der Waals surface area contributed by atoms with Crippen LogP contribution in [0, 0.1) is 20.8 Å². The second-order valence-electron chi connectivity index (χ2n) is 6.85. The van der Waals surface area contributed by atoms with Crippen LogP contribution in [0.15, 0.2) is 24.4 Å². The number of nitrogens with zero attached hydrogens (tertiary/aromatic N) is 3. The molecule has 7 nitrogen and oxygen atoms in total. The normalized spacial score (nSPS) is 11.0. The number of imidazole rings is 1. The maximum absolute atomic E-state index is 12.4. The molecule has 2 heterocycles. The molecule has 3 N–H and O–H groups in total. The minimum absolute atomic E-state index is 0.116. The lowest BCUT2D eigenvalue weighted by molar-refractivity contribution is 0.0939. The van der Waals surface area contributed by atoms with Gasteiger partial charge in [-0.25, -0.2) is 9.97 Å². The minimum Gasteiger partial charge on any atom is -0.395 e. The Labute approximate surface area is 164 Å². The van der Waals surface area contributed by atoms with Gasteiger partial charge in [0.25, 0.3) is 5.91 Å². The molecule has 0 fully saturated rings. The number of anilines is 1. The second kappa shape index (κ2) is 8.39. The summed E-state index contributed by atoms with van der Waals surface area (Å²) in [6.07, 6.45) is 2.64. The molecule has 0 aliphatic heterocycles. The zero-order chi connectivity index (χ0) is 20.3. The van der Waals surface area contributed by atoms with E-state index in [1.165, 1.54) is 16.7 Å². The summed E-state index contributed by atoms with van der Waals surface area (Å²) < 4.78 is 1.89. The van der Waals surface area contributed by atoms with Crippen LogP contribution in [-0.4, -0.2) is 38.5 Å². The SMILES string of the molecule is CCc1cccc(C)c1CNc1nc(C(=O)NCCO)cn2c(C)c(C)nc12. The smallest absolute Gasteiger partial charge is 0.271 e. The molecule has 0 bridgehead atoms. The molecule has 0 radical (unpaired) electrons. The summed E-state index contributed by atoms with van der Waals surface area (Å²) >= 11 is 0. The predicted molar refractivity (Wildman–Crippen MR) is 110 cm³/mol. The van der Waals surface area contributed by atoms with Crippen LogP contribution < -0.4 is 10.6 Å². The number of hydrogen-bond donors (Lipinski definition) is 3. The monoisotopic (exact) mass is 381 g/mol. The molecule has 0 aliphatic rings. The number of hydrogen-bond acceptors (Lipinski definition) is 5. The number of rotatable bonds is 7. The number of nitrogens with one attached hydrogen (secondary N) is 2. The van der Waals surface area contributed by atoms with Gasteiger partial charge in [0, 0.05) is 25.0 Å². The van der Waals surface area contributed by atoms with Crippen molar-refractivity contribution in [2.24, 2.45) is 0 Å². The molecular formula is C21H27N5O2. The average Bonchev–Trinajstić information content (AvgIpc) is 2.99. The molecule has 0 saturated carbocycles. The van der Waals surface area contributed by atoms with Gasteiger partial charge in [-0.1, -0.05) is 25.1 Å². The van der Waals surface area contributed by atoms with Crippen molar-refractivity contribution in [1.82, 2.24) is 19.7 Å². The highest BCUT2D eigenvalue weighted by atomic mass is 16.3. The van der Waals surface area contributed by atoms with Crippen LogP contribution in [0.1, 0.15) is 45.5 Å². The van der Waals surface area contributed by atoms with Crippen molar-refractivity contribution in [2.45, 2.75) is 40.7 Å². The van der Waals surface area contributed by atoms with Gasteiger partial charge in [0.15, 0.2) is 11.5 Å². The number of fused-ring (bicyclic) bond motifs is 1. The third-order valence-electron chi connectivity index (χ3n) is 5.03. The molecule has 3 aromatic rings. The molecule has 1 aromatic carbocycles. The number of benzene rings is 1. The molecule has 7 heteroatoms. The third-order valence-corrected chi connectivity index (χ3v) is 5.03. The first kappa shape index (κ1) is 19.8. The van der Waals surface area contributed by atoms with Gasteiger partial charge in [-0.2, -0.15) is 0 Å². The van der Waals surface area contributed by atoms with Crippen LogP contribution in [0.2, 0.25) is 0 Å². The largest absolute Gasteiger partial charge is 0.395 e. The Balaban J connectivity index is 2.00. The van der Waals surface area contributed by atoms with Gasteiger partial charge in [0.05, 0.1) is 12.3 Å². The third kappa shape index (κ3) is 3.84. The highest BCUT2D eigenvalue weighted by molar-refractivity contribution is 5.93. The van der Waals surface area contributed by atoms with Crippen LogP contribution in [-0.2, 0) is 13.0 Å². The molecular weight excluding hydrogens is 354 g/mol. The van der Waals surface area contributed by atoms with Gasteiger partial charge >= 0.3 is 0 Å². The van der Waals surface area contributed by atoms with E-state index in [2.05, 4.69) is 52.6 Å². The maximum atomic E-state index is 12.4. The summed E-state index contributed by atoms with van der Waals surface area (Å²) in [5.74, 6) is 0.244. The lowest BCUT2D eigenvalue weighted by atomic mass is 10.00. The molecule has 0 unspecified atom stereocenters. The van der Waals surface area contributed by atoms with Crippen molar-refractivity contribution in [3.05, 3.63) is 58.2 Å². The summed E-state index contributed by atoms with van der Waals surface area (Å²) in [5, 5.41) is 15.0. The lowest BCUT2D eigenvalue weighted by Gasteiger charge is -2.14. The number of aryl methyl sites for hydroxylation is 4. The lowest BCUT2D eigenvalue weighted by Crippen LogP contribution is -2.27. The topological polar surface area (TPSA) is 91.5 Å². The van der Waals surface area contributed by atoms with E-state index in [0.717, 1.165) is 17.8 Å². The first-order valence-electron chi connectivity index (χ1n) is 9.52. The van der Waals surface area contributed by atoms with E-state index >= 15 is 0 Å². The van der Waals surface area contributed by atoms with E-state index in [0.29, 0.717) is 18.0 Å². The van der Waals surface area contributed by atoms with Crippen molar-refractivity contribution in [1.29, 1.82) is 0 Å². The Kier molecular flexibility index (Phi) is 5.94. The molecule has 0 aliphatic carbocycles. The fourth-order valence-corrected chi connectivity index (χ4v) is 3.28. The zero-order valence-corrected chi connectivity index (χ0v) is 16.8. The van der Waals surface area contributed by atoms with E-state index in [-0.39, 0.29) is 24.8 Å². The number of amides is 1. The van der Waals surface area contributed by atoms with Crippen LogP contribution in [0.25, 0.3) is 5.65 Å². The number of aromatic nitrogens is 3. The molecule has 28 heavy (non-hydrogen) atoms. The molecule has 1 amide bonds. The summed E-state index contributed by atoms with van der Waals surface area (Å²) in [4.78, 5) is 21.5. The van der Waals surface area contributed by atoms with Gasteiger partial charge in [-0.05, 0) is 43.9 Å². The molecule has 0 spiro atoms. The maximum Gasteiger partial charge on any atom is 0.271 e. The van der Waals surface area contributed by atoms with E-state index in [9.17, 15) is 4.79 Å². The van der Waals surface area contributed by atoms with Crippen LogP contribution in [0.5, 0.6) is 0 Å². The Morgan fingerprint density at radius 2 is 2.00 bits per heavy atom. The van der Waals surface area contributed by atoms with Crippen molar-refractivity contribution in [3.63, 3.8) is 0 Å².